The molecular formula is C32H49N5O8. The lowest BCUT2D eigenvalue weighted by atomic mass is 9.97. The third kappa shape index (κ3) is 12.9. The van der Waals surface area contributed by atoms with Crippen molar-refractivity contribution in [1.29, 1.82) is 0 Å². The molecule has 0 aliphatic carbocycles. The van der Waals surface area contributed by atoms with Crippen LogP contribution in [0, 0.1) is 5.92 Å². The lowest BCUT2D eigenvalue weighted by Crippen LogP contribution is -2.48. The standard InChI is InChI=1S/C32H49N5O8/c1-8-42-27(39)18-33-26(38)20-36-14-11-22(12-15-36)21-43-25-10-9-23-13-16-37(19-24(23)17-25)28(34-29(40)44-31(2,3)4)35-30(41)45-32(5,6)7/h9-10,17,22H,8,11-16,18-21H2,1-7H3,(H,33,38)(H,34,35,40,41). The summed E-state index contributed by atoms with van der Waals surface area (Å²) < 4.78 is 21.8. The number of esters is 1. The average molecular weight is 632 g/mol. The van der Waals surface area contributed by atoms with Gasteiger partial charge in [0.05, 0.1) is 19.8 Å². The predicted octanol–water partition coefficient (Wildman–Crippen LogP) is 3.63. The molecule has 13 nitrogen and oxygen atoms in total. The number of benzene rings is 1. The minimum atomic E-state index is -0.806. The lowest BCUT2D eigenvalue weighted by Gasteiger charge is -2.32. The number of hydrogen-bond acceptors (Lipinski definition) is 9. The van der Waals surface area contributed by atoms with Crippen LogP contribution in [0.1, 0.15) is 72.4 Å². The predicted molar refractivity (Wildman–Crippen MR) is 168 cm³/mol. The van der Waals surface area contributed by atoms with Gasteiger partial charge in [0.15, 0.2) is 0 Å². The van der Waals surface area contributed by atoms with Crippen molar-refractivity contribution in [3.63, 3.8) is 0 Å². The van der Waals surface area contributed by atoms with E-state index in [1.807, 2.05) is 23.1 Å². The molecule has 0 spiro atoms. The summed E-state index contributed by atoms with van der Waals surface area (Å²) >= 11 is 0. The van der Waals surface area contributed by atoms with Crippen LogP contribution in [0.4, 0.5) is 9.59 Å². The van der Waals surface area contributed by atoms with E-state index in [1.54, 1.807) is 48.5 Å². The second-order valence-corrected chi connectivity index (χ2v) is 13.3. The number of carbonyl (C=O) groups excluding carboxylic acids is 4. The van der Waals surface area contributed by atoms with E-state index >= 15 is 0 Å². The third-order valence-electron chi connectivity index (χ3n) is 6.99. The molecule has 250 valence electrons. The van der Waals surface area contributed by atoms with E-state index < -0.39 is 29.4 Å². The first-order chi connectivity index (χ1) is 21.1. The van der Waals surface area contributed by atoms with Crippen LogP contribution in [0.3, 0.4) is 0 Å². The van der Waals surface area contributed by atoms with Gasteiger partial charge in [0, 0.05) is 13.1 Å². The summed E-state index contributed by atoms with van der Waals surface area (Å²) in [5.41, 5.74) is 0.695. The van der Waals surface area contributed by atoms with E-state index in [1.165, 1.54) is 0 Å². The molecule has 1 aromatic rings. The van der Waals surface area contributed by atoms with Gasteiger partial charge in [0.2, 0.25) is 11.9 Å². The highest BCUT2D eigenvalue weighted by molar-refractivity contribution is 5.99. The summed E-state index contributed by atoms with van der Waals surface area (Å²) in [5.74, 6) is 0.519. The molecule has 0 atom stereocenters. The molecule has 2 heterocycles. The number of guanidine groups is 1. The Labute approximate surface area is 266 Å². The van der Waals surface area contributed by atoms with Gasteiger partial charge in [-0.15, -0.1) is 4.99 Å². The quantitative estimate of drug-likeness (QED) is 0.189. The molecule has 0 radical (unpaired) electrons. The summed E-state index contributed by atoms with van der Waals surface area (Å²) in [6, 6.07) is 6.00. The van der Waals surface area contributed by atoms with E-state index in [0.29, 0.717) is 32.0 Å². The molecule has 0 unspecified atom stereocenters. The van der Waals surface area contributed by atoms with Crippen LogP contribution in [0.25, 0.3) is 0 Å². The van der Waals surface area contributed by atoms with Gasteiger partial charge in [0.1, 0.15) is 23.5 Å². The van der Waals surface area contributed by atoms with Crippen molar-refractivity contribution >= 4 is 30.0 Å². The Morgan fingerprint density at radius 1 is 0.956 bits per heavy atom. The molecule has 3 amide bonds. The summed E-state index contributed by atoms with van der Waals surface area (Å²) in [6.45, 7) is 15.7. The van der Waals surface area contributed by atoms with Crippen molar-refractivity contribution in [2.75, 3.05) is 45.9 Å². The molecule has 1 aromatic carbocycles. The number of hydrogen-bond donors (Lipinski definition) is 2. The molecule has 2 N–H and O–H groups in total. The normalized spacial score (nSPS) is 16.3. The number of amides is 3. The van der Waals surface area contributed by atoms with Crippen LogP contribution in [0.2, 0.25) is 0 Å². The number of aliphatic imine (C=N–C) groups is 1. The first-order valence-electron chi connectivity index (χ1n) is 15.6. The highest BCUT2D eigenvalue weighted by Crippen LogP contribution is 2.26. The Hall–Kier alpha value is -3.87. The van der Waals surface area contributed by atoms with Crippen molar-refractivity contribution in [2.45, 2.75) is 85.5 Å². The summed E-state index contributed by atoms with van der Waals surface area (Å²) in [5, 5.41) is 5.24. The van der Waals surface area contributed by atoms with Crippen LogP contribution in [0.5, 0.6) is 5.75 Å². The van der Waals surface area contributed by atoms with Crippen molar-refractivity contribution in [1.82, 2.24) is 20.4 Å². The summed E-state index contributed by atoms with van der Waals surface area (Å²) in [6.07, 6.45) is 0.955. The minimum Gasteiger partial charge on any atom is -0.493 e. The van der Waals surface area contributed by atoms with Crippen LogP contribution in [-0.2, 0) is 36.8 Å². The van der Waals surface area contributed by atoms with Gasteiger partial charge in [-0.1, -0.05) is 6.07 Å². The van der Waals surface area contributed by atoms with Gasteiger partial charge in [-0.2, -0.15) is 0 Å². The molecular weight excluding hydrogens is 582 g/mol. The van der Waals surface area contributed by atoms with Crippen molar-refractivity contribution < 1.29 is 38.1 Å². The minimum absolute atomic E-state index is 0.0665. The van der Waals surface area contributed by atoms with Crippen LogP contribution < -0.4 is 15.4 Å². The highest BCUT2D eigenvalue weighted by Gasteiger charge is 2.27. The maximum absolute atomic E-state index is 12.6. The summed E-state index contributed by atoms with van der Waals surface area (Å²) in [4.78, 5) is 56.8. The van der Waals surface area contributed by atoms with E-state index in [-0.39, 0.29) is 31.6 Å². The third-order valence-corrected chi connectivity index (χ3v) is 6.99. The van der Waals surface area contributed by atoms with Crippen LogP contribution in [0.15, 0.2) is 23.2 Å². The van der Waals surface area contributed by atoms with Crippen LogP contribution >= 0.6 is 0 Å². The molecule has 2 aliphatic heterocycles. The Morgan fingerprint density at radius 3 is 2.29 bits per heavy atom. The fourth-order valence-corrected chi connectivity index (χ4v) is 4.91. The lowest BCUT2D eigenvalue weighted by molar-refractivity contribution is -0.143. The van der Waals surface area contributed by atoms with Gasteiger partial charge in [0.25, 0.3) is 0 Å². The van der Waals surface area contributed by atoms with Crippen molar-refractivity contribution in [3.8, 4) is 5.75 Å². The number of nitrogens with zero attached hydrogens (tertiary/aromatic N) is 3. The zero-order valence-corrected chi connectivity index (χ0v) is 27.7. The molecule has 0 saturated carbocycles. The van der Waals surface area contributed by atoms with Crippen molar-refractivity contribution in [3.05, 3.63) is 29.3 Å². The smallest absolute Gasteiger partial charge is 0.437 e. The number of piperidine rings is 1. The highest BCUT2D eigenvalue weighted by atomic mass is 16.6. The fourth-order valence-electron chi connectivity index (χ4n) is 4.91. The largest absolute Gasteiger partial charge is 0.493 e. The molecule has 3 rings (SSSR count). The van der Waals surface area contributed by atoms with Gasteiger partial charge in [-0.25, -0.2) is 9.59 Å². The second-order valence-electron chi connectivity index (χ2n) is 13.3. The van der Waals surface area contributed by atoms with Gasteiger partial charge in [-0.05, 0) is 110 Å². The Morgan fingerprint density at radius 2 is 1.64 bits per heavy atom. The molecule has 0 aromatic heterocycles. The Balaban J connectivity index is 1.56. The van der Waals surface area contributed by atoms with E-state index in [0.717, 1.165) is 42.8 Å². The number of likely N-dealkylation sites (tertiary alicyclic amines) is 1. The van der Waals surface area contributed by atoms with Gasteiger partial charge < -0.3 is 29.2 Å². The zero-order chi connectivity index (χ0) is 33.2. The number of fused-ring (bicyclic) bond motifs is 1. The first kappa shape index (κ1) is 35.6. The molecule has 1 fully saturated rings. The summed E-state index contributed by atoms with van der Waals surface area (Å²) in [7, 11) is 0. The van der Waals surface area contributed by atoms with E-state index in [2.05, 4.69) is 20.5 Å². The number of nitrogens with one attached hydrogen (secondary N) is 2. The van der Waals surface area contributed by atoms with E-state index in [4.69, 9.17) is 18.9 Å². The van der Waals surface area contributed by atoms with Gasteiger partial charge in [-0.3, -0.25) is 19.8 Å². The number of alkyl carbamates (subject to hydrolysis) is 1. The first-order valence-corrected chi connectivity index (χ1v) is 15.6. The Kier molecular flexibility index (Phi) is 12.6. The molecule has 13 heteroatoms. The van der Waals surface area contributed by atoms with Crippen LogP contribution in [-0.4, -0.2) is 97.0 Å². The molecule has 1 saturated heterocycles. The monoisotopic (exact) mass is 631 g/mol. The van der Waals surface area contributed by atoms with E-state index in [9.17, 15) is 19.2 Å². The zero-order valence-electron chi connectivity index (χ0n) is 27.7. The maximum atomic E-state index is 12.6. The molecule has 0 bridgehead atoms. The SMILES string of the molecule is CCOC(=O)CNC(=O)CN1CCC(COc2ccc3c(c2)CN(C(=NC(=O)OC(C)(C)C)NC(=O)OC(C)(C)C)CC3)CC1. The second kappa shape index (κ2) is 15.9. The maximum Gasteiger partial charge on any atom is 0.437 e. The van der Waals surface area contributed by atoms with Gasteiger partial charge >= 0.3 is 18.2 Å². The average Bonchev–Trinajstić information content (AvgIpc) is 2.93. The Bertz CT molecular complexity index is 1230. The fraction of sp³-hybridized carbons (Fsp3) is 0.656. The number of rotatable bonds is 8. The van der Waals surface area contributed by atoms with Crippen molar-refractivity contribution in [2.24, 2.45) is 10.9 Å². The topological polar surface area (TPSA) is 148 Å². The molecule has 2 aliphatic rings. The number of carbonyl (C=O) groups is 4. The molecule has 45 heavy (non-hydrogen) atoms. The number of ether oxygens (including phenoxy) is 4.